The Bertz CT molecular complexity index is 553. The van der Waals surface area contributed by atoms with Crippen molar-refractivity contribution in [1.82, 2.24) is 0 Å². The van der Waals surface area contributed by atoms with Crippen LogP contribution in [0.1, 0.15) is 18.1 Å². The van der Waals surface area contributed by atoms with Gasteiger partial charge in [-0.2, -0.15) is 0 Å². The number of allylic oxidation sites excluding steroid dienone is 1. The van der Waals surface area contributed by atoms with E-state index in [1.165, 1.54) is 0 Å². The minimum absolute atomic E-state index is 0.178. The van der Waals surface area contributed by atoms with E-state index in [1.807, 2.05) is 26.0 Å². The third kappa shape index (κ3) is 4.35. The Morgan fingerprint density at radius 3 is 2.65 bits per heavy atom. The molecule has 20 heavy (non-hydrogen) atoms. The molecule has 0 aromatic heterocycles. The number of aryl methyl sites for hydroxylation is 2. The van der Waals surface area contributed by atoms with Crippen LogP contribution in [0.2, 0.25) is 0 Å². The second kappa shape index (κ2) is 7.65. The molecular weight excluding hydrogens is 280 g/mol. The maximum atomic E-state index is 11.7. The zero-order valence-corrected chi connectivity index (χ0v) is 12.4. The van der Waals surface area contributed by atoms with Gasteiger partial charge in [0.15, 0.2) is 0 Å². The average Bonchev–Trinajstić information content (AvgIpc) is 2.41. The number of hydrogen-bond acceptors (Lipinski definition) is 5. The van der Waals surface area contributed by atoms with Gasteiger partial charge in [-0.1, -0.05) is 17.7 Å². The van der Waals surface area contributed by atoms with E-state index in [4.69, 9.17) is 16.3 Å². The normalized spacial score (nSPS) is 12.4. The Labute approximate surface area is 122 Å². The van der Waals surface area contributed by atoms with Crippen LogP contribution in [0, 0.1) is 13.8 Å². The molecule has 0 saturated carbocycles. The fourth-order valence-corrected chi connectivity index (χ4v) is 1.63. The first-order chi connectivity index (χ1) is 9.49. The molecule has 0 fully saturated rings. The maximum absolute atomic E-state index is 11.7. The van der Waals surface area contributed by atoms with E-state index in [1.54, 1.807) is 13.0 Å². The SMILES string of the molecule is CCOC(=O)/C(N=Nc1ccc(C)cc1C)=C(\O)CCl. The fourth-order valence-electron chi connectivity index (χ4n) is 1.50. The van der Waals surface area contributed by atoms with E-state index in [2.05, 4.69) is 10.2 Å². The molecule has 0 heterocycles. The molecule has 1 aromatic rings. The minimum atomic E-state index is -0.751. The van der Waals surface area contributed by atoms with Gasteiger partial charge in [0.1, 0.15) is 5.76 Å². The summed E-state index contributed by atoms with van der Waals surface area (Å²) in [6.45, 7) is 5.69. The standard InChI is InChI=1S/C14H17ClN2O3/c1-4-20-14(19)13(12(18)8-15)17-16-11-6-5-9(2)7-10(11)3/h5-7,18H,4,8H2,1-3H3/b13-12+,17-16?. The van der Waals surface area contributed by atoms with Crippen LogP contribution in [-0.4, -0.2) is 23.6 Å². The lowest BCUT2D eigenvalue weighted by Crippen LogP contribution is -2.09. The number of rotatable bonds is 5. The van der Waals surface area contributed by atoms with Crippen molar-refractivity contribution in [3.05, 3.63) is 40.8 Å². The molecule has 6 heteroatoms. The van der Waals surface area contributed by atoms with E-state index < -0.39 is 5.97 Å². The van der Waals surface area contributed by atoms with Crippen LogP contribution in [-0.2, 0) is 9.53 Å². The molecule has 0 atom stereocenters. The molecule has 0 saturated heterocycles. The van der Waals surface area contributed by atoms with Crippen molar-refractivity contribution in [2.24, 2.45) is 10.2 Å². The van der Waals surface area contributed by atoms with Crippen LogP contribution < -0.4 is 0 Å². The largest absolute Gasteiger partial charge is 0.508 e. The molecule has 1 aromatic carbocycles. The van der Waals surface area contributed by atoms with Crippen molar-refractivity contribution < 1.29 is 14.6 Å². The molecule has 0 spiro atoms. The highest BCUT2D eigenvalue weighted by Crippen LogP contribution is 2.21. The molecule has 0 amide bonds. The van der Waals surface area contributed by atoms with Gasteiger partial charge in [-0.25, -0.2) is 4.79 Å². The first-order valence-electron chi connectivity index (χ1n) is 6.13. The van der Waals surface area contributed by atoms with E-state index in [9.17, 15) is 9.90 Å². The summed E-state index contributed by atoms with van der Waals surface area (Å²) in [6.07, 6.45) is 0. The van der Waals surface area contributed by atoms with Crippen LogP contribution in [0.3, 0.4) is 0 Å². The number of esters is 1. The van der Waals surface area contributed by atoms with E-state index in [-0.39, 0.29) is 23.9 Å². The highest BCUT2D eigenvalue weighted by atomic mass is 35.5. The molecule has 1 N–H and O–H groups in total. The summed E-state index contributed by atoms with van der Waals surface area (Å²) >= 11 is 5.51. The summed E-state index contributed by atoms with van der Waals surface area (Å²) < 4.78 is 4.80. The number of nitrogens with zero attached hydrogens (tertiary/aromatic N) is 2. The molecule has 0 radical (unpaired) electrons. The van der Waals surface area contributed by atoms with Gasteiger partial charge in [0.25, 0.3) is 0 Å². The van der Waals surface area contributed by atoms with E-state index in [0.717, 1.165) is 11.1 Å². The van der Waals surface area contributed by atoms with Gasteiger partial charge in [-0.15, -0.1) is 21.8 Å². The Balaban J connectivity index is 3.07. The summed E-state index contributed by atoms with van der Waals surface area (Å²) in [7, 11) is 0. The lowest BCUT2D eigenvalue weighted by molar-refractivity contribution is -0.138. The first kappa shape index (κ1) is 16.2. The summed E-state index contributed by atoms with van der Waals surface area (Å²) in [5.74, 6) is -1.35. The highest BCUT2D eigenvalue weighted by Gasteiger charge is 2.16. The molecule has 0 aliphatic rings. The zero-order chi connectivity index (χ0) is 15.1. The van der Waals surface area contributed by atoms with Crippen molar-refractivity contribution in [2.75, 3.05) is 12.5 Å². The number of alkyl halides is 1. The summed E-state index contributed by atoms with van der Waals surface area (Å²) in [5.41, 5.74) is 2.36. The highest BCUT2D eigenvalue weighted by molar-refractivity contribution is 6.19. The number of aliphatic hydroxyl groups excluding tert-OH is 1. The molecule has 0 aliphatic heterocycles. The average molecular weight is 297 g/mol. The second-order valence-electron chi connectivity index (χ2n) is 4.14. The molecule has 1 rings (SSSR count). The van der Waals surface area contributed by atoms with E-state index >= 15 is 0 Å². The monoisotopic (exact) mass is 296 g/mol. The van der Waals surface area contributed by atoms with E-state index in [0.29, 0.717) is 5.69 Å². The molecule has 0 unspecified atom stereocenters. The molecule has 5 nitrogen and oxygen atoms in total. The van der Waals surface area contributed by atoms with Gasteiger partial charge in [-0.05, 0) is 32.4 Å². The van der Waals surface area contributed by atoms with Crippen LogP contribution >= 0.6 is 11.6 Å². The topological polar surface area (TPSA) is 71.2 Å². The Morgan fingerprint density at radius 1 is 1.40 bits per heavy atom. The lowest BCUT2D eigenvalue weighted by atomic mass is 10.1. The smallest absolute Gasteiger partial charge is 0.362 e. The number of ether oxygens (including phenoxy) is 1. The van der Waals surface area contributed by atoms with Gasteiger partial charge >= 0.3 is 5.97 Å². The van der Waals surface area contributed by atoms with Crippen molar-refractivity contribution in [3.8, 4) is 0 Å². The van der Waals surface area contributed by atoms with Crippen molar-refractivity contribution in [3.63, 3.8) is 0 Å². The van der Waals surface area contributed by atoms with Crippen LogP contribution in [0.4, 0.5) is 5.69 Å². The first-order valence-corrected chi connectivity index (χ1v) is 6.67. The quantitative estimate of drug-likeness (QED) is 0.294. The molecule has 0 aliphatic carbocycles. The van der Waals surface area contributed by atoms with Gasteiger partial charge in [0.2, 0.25) is 5.70 Å². The van der Waals surface area contributed by atoms with Gasteiger partial charge < -0.3 is 9.84 Å². The minimum Gasteiger partial charge on any atom is -0.508 e. The third-order valence-electron chi connectivity index (χ3n) is 2.48. The number of hydrogen-bond donors (Lipinski definition) is 1. The van der Waals surface area contributed by atoms with Gasteiger partial charge in [0, 0.05) is 0 Å². The van der Waals surface area contributed by atoms with Crippen molar-refractivity contribution >= 4 is 23.3 Å². The van der Waals surface area contributed by atoms with Crippen LogP contribution in [0.15, 0.2) is 39.9 Å². The fraction of sp³-hybridized carbons (Fsp3) is 0.357. The van der Waals surface area contributed by atoms with Crippen molar-refractivity contribution in [2.45, 2.75) is 20.8 Å². The second-order valence-corrected chi connectivity index (χ2v) is 4.41. The molecule has 0 bridgehead atoms. The van der Waals surface area contributed by atoms with Crippen molar-refractivity contribution in [1.29, 1.82) is 0 Å². The lowest BCUT2D eigenvalue weighted by Gasteiger charge is -2.04. The maximum Gasteiger partial charge on any atom is 0.362 e. The number of aliphatic hydroxyl groups is 1. The predicted molar refractivity (Wildman–Crippen MR) is 77.4 cm³/mol. The Morgan fingerprint density at radius 2 is 2.10 bits per heavy atom. The number of halogens is 1. The summed E-state index contributed by atoms with van der Waals surface area (Å²) in [5, 5.41) is 17.3. The molecular formula is C14H17ClN2O3. The van der Waals surface area contributed by atoms with Crippen LogP contribution in [0.5, 0.6) is 0 Å². The third-order valence-corrected chi connectivity index (χ3v) is 2.73. The van der Waals surface area contributed by atoms with Gasteiger partial charge in [0.05, 0.1) is 18.2 Å². The Hall–Kier alpha value is -1.88. The summed E-state index contributed by atoms with van der Waals surface area (Å²) in [4.78, 5) is 11.7. The molecule has 108 valence electrons. The van der Waals surface area contributed by atoms with Crippen LogP contribution in [0.25, 0.3) is 0 Å². The zero-order valence-electron chi connectivity index (χ0n) is 11.7. The number of carbonyl (C=O) groups is 1. The summed E-state index contributed by atoms with van der Waals surface area (Å²) in [6, 6.07) is 5.62. The number of carbonyl (C=O) groups excluding carboxylic acids is 1. The number of azo groups is 1. The number of benzene rings is 1. The predicted octanol–water partition coefficient (Wildman–Crippen LogP) is 3.96. The van der Waals surface area contributed by atoms with Gasteiger partial charge in [-0.3, -0.25) is 0 Å². The Kier molecular flexibility index (Phi) is 6.18.